The summed E-state index contributed by atoms with van der Waals surface area (Å²) in [6.45, 7) is 3.88. The molecule has 3 rings (SSSR count). The zero-order valence-electron chi connectivity index (χ0n) is 13.3. The number of allylic oxidation sites excluding steroid dienone is 1. The Morgan fingerprint density at radius 2 is 1.61 bits per heavy atom. The van der Waals surface area contributed by atoms with E-state index >= 15 is 0 Å². The molecule has 0 aliphatic carbocycles. The van der Waals surface area contributed by atoms with E-state index in [0.717, 1.165) is 16.6 Å². The summed E-state index contributed by atoms with van der Waals surface area (Å²) in [7, 11) is -2.59. The number of hydrogen-bond donors (Lipinski definition) is 0. The molecule has 1 aliphatic rings. The predicted octanol–water partition coefficient (Wildman–Crippen LogP) is 5.04. The second kappa shape index (κ2) is 6.19. The average Bonchev–Trinajstić information content (AvgIpc) is 2.54. The predicted molar refractivity (Wildman–Crippen MR) is 97.4 cm³/mol. The maximum atomic E-state index is 13.6. The average molecular weight is 347 g/mol. The van der Waals surface area contributed by atoms with Gasteiger partial charge in [0.15, 0.2) is 0 Å². The van der Waals surface area contributed by atoms with Crippen LogP contribution in [0.15, 0.2) is 71.3 Å². The van der Waals surface area contributed by atoms with Crippen molar-refractivity contribution >= 4 is 24.0 Å². The highest BCUT2D eigenvalue weighted by atomic mass is 35.5. The van der Waals surface area contributed by atoms with E-state index in [9.17, 15) is 4.57 Å². The molecule has 0 saturated carbocycles. The lowest BCUT2D eigenvalue weighted by Crippen LogP contribution is -2.42. The van der Waals surface area contributed by atoms with Gasteiger partial charge in [0, 0.05) is 11.5 Å². The minimum atomic E-state index is -2.59. The van der Waals surface area contributed by atoms with Crippen LogP contribution in [-0.2, 0) is 4.57 Å². The minimum absolute atomic E-state index is 0.412. The monoisotopic (exact) mass is 346 g/mol. The molecular formula is C19H20ClO2P. The lowest BCUT2D eigenvalue weighted by Gasteiger charge is -2.39. The van der Waals surface area contributed by atoms with E-state index < -0.39 is 12.7 Å². The van der Waals surface area contributed by atoms with Gasteiger partial charge in [-0.1, -0.05) is 60.1 Å². The molecule has 2 nitrogen and oxygen atoms in total. The zero-order chi connectivity index (χ0) is 16.5. The molecule has 0 aromatic heterocycles. The standard InChI is InChI=1S/C19H20ClO2P/c1-15-13-23(21,17-11-7-4-8-12-17)14-19(2,18(15)20)22-16-9-5-3-6-10-16/h3-12H,13-14H2,1-2H3. The van der Waals surface area contributed by atoms with Crippen molar-refractivity contribution in [2.75, 3.05) is 12.3 Å². The van der Waals surface area contributed by atoms with Crippen molar-refractivity contribution in [2.24, 2.45) is 0 Å². The molecule has 0 bridgehead atoms. The number of hydrogen-bond acceptors (Lipinski definition) is 2. The van der Waals surface area contributed by atoms with Crippen LogP contribution in [0, 0.1) is 0 Å². The molecule has 0 N–H and O–H groups in total. The van der Waals surface area contributed by atoms with Crippen molar-refractivity contribution in [3.05, 3.63) is 71.3 Å². The van der Waals surface area contributed by atoms with Crippen LogP contribution in [0.4, 0.5) is 0 Å². The van der Waals surface area contributed by atoms with Crippen molar-refractivity contribution in [2.45, 2.75) is 19.4 Å². The number of rotatable bonds is 3. The zero-order valence-corrected chi connectivity index (χ0v) is 15.0. The summed E-state index contributed by atoms with van der Waals surface area (Å²) >= 11 is 6.57. The van der Waals surface area contributed by atoms with Gasteiger partial charge in [0.2, 0.25) is 0 Å². The molecule has 1 heterocycles. The van der Waals surface area contributed by atoms with E-state index in [4.69, 9.17) is 16.3 Å². The highest BCUT2D eigenvalue weighted by Gasteiger charge is 2.45. The number of benzene rings is 2. The summed E-state index contributed by atoms with van der Waals surface area (Å²) in [6, 6.07) is 19.2. The van der Waals surface area contributed by atoms with Crippen LogP contribution >= 0.6 is 18.7 Å². The Hall–Kier alpha value is -1.50. The first-order chi connectivity index (χ1) is 10.9. The molecule has 2 atom stereocenters. The van der Waals surface area contributed by atoms with Crippen LogP contribution in [0.1, 0.15) is 13.8 Å². The lowest BCUT2D eigenvalue weighted by molar-refractivity contribution is 0.157. The first-order valence-corrected chi connectivity index (χ1v) is 10.1. The van der Waals surface area contributed by atoms with Gasteiger partial charge in [-0.2, -0.15) is 0 Å². The lowest BCUT2D eigenvalue weighted by atomic mass is 10.0. The van der Waals surface area contributed by atoms with Gasteiger partial charge in [-0.05, 0) is 31.6 Å². The molecule has 0 radical (unpaired) electrons. The van der Waals surface area contributed by atoms with E-state index in [1.165, 1.54) is 0 Å². The number of ether oxygens (including phenoxy) is 1. The normalized spacial score (nSPS) is 27.8. The smallest absolute Gasteiger partial charge is 0.149 e. The third-order valence-electron chi connectivity index (χ3n) is 4.20. The summed E-state index contributed by atoms with van der Waals surface area (Å²) in [4.78, 5) is 0. The maximum Gasteiger partial charge on any atom is 0.149 e. The Labute approximate surface area is 142 Å². The Morgan fingerprint density at radius 1 is 1.04 bits per heavy atom. The molecular weight excluding hydrogens is 327 g/mol. The second-order valence-corrected chi connectivity index (χ2v) is 9.59. The first-order valence-electron chi connectivity index (χ1n) is 7.66. The third kappa shape index (κ3) is 3.24. The van der Waals surface area contributed by atoms with Gasteiger partial charge in [-0.25, -0.2) is 0 Å². The van der Waals surface area contributed by atoms with Crippen LogP contribution in [-0.4, -0.2) is 17.9 Å². The van der Waals surface area contributed by atoms with Crippen molar-refractivity contribution < 1.29 is 9.30 Å². The Kier molecular flexibility index (Phi) is 4.40. The summed E-state index contributed by atoms with van der Waals surface area (Å²) in [5.41, 5.74) is 0.180. The van der Waals surface area contributed by atoms with Crippen molar-refractivity contribution in [3.8, 4) is 5.75 Å². The van der Waals surface area contributed by atoms with Crippen LogP contribution in [0.2, 0.25) is 0 Å². The van der Waals surface area contributed by atoms with Crippen molar-refractivity contribution in [3.63, 3.8) is 0 Å². The minimum Gasteiger partial charge on any atom is -0.481 e. The highest BCUT2D eigenvalue weighted by molar-refractivity contribution is 7.72. The summed E-state index contributed by atoms with van der Waals surface area (Å²) in [5.74, 6) is 0.738. The maximum absolute atomic E-state index is 13.6. The second-order valence-electron chi connectivity index (χ2n) is 6.28. The van der Waals surface area contributed by atoms with E-state index in [2.05, 4.69) is 0 Å². The van der Waals surface area contributed by atoms with Gasteiger partial charge < -0.3 is 9.30 Å². The summed E-state index contributed by atoms with van der Waals surface area (Å²) in [6.07, 6.45) is 0.929. The van der Waals surface area contributed by atoms with E-state index in [-0.39, 0.29) is 0 Å². The van der Waals surface area contributed by atoms with Crippen LogP contribution in [0.25, 0.3) is 0 Å². The largest absolute Gasteiger partial charge is 0.481 e. The molecule has 2 unspecified atom stereocenters. The number of para-hydroxylation sites is 1. The van der Waals surface area contributed by atoms with E-state index in [0.29, 0.717) is 17.4 Å². The Bertz CT molecular complexity index is 770. The van der Waals surface area contributed by atoms with Gasteiger partial charge in [0.25, 0.3) is 0 Å². The van der Waals surface area contributed by atoms with Gasteiger partial charge in [-0.15, -0.1) is 0 Å². The van der Waals surface area contributed by atoms with E-state index in [1.54, 1.807) is 0 Å². The molecule has 0 spiro atoms. The van der Waals surface area contributed by atoms with Crippen LogP contribution in [0.5, 0.6) is 5.75 Å². The van der Waals surface area contributed by atoms with Gasteiger partial charge >= 0.3 is 0 Å². The molecule has 0 amide bonds. The number of halogens is 1. The fourth-order valence-corrected chi connectivity index (χ4v) is 6.90. The molecule has 0 saturated heterocycles. The topological polar surface area (TPSA) is 26.3 Å². The molecule has 4 heteroatoms. The molecule has 2 aromatic rings. The van der Waals surface area contributed by atoms with Crippen LogP contribution in [0.3, 0.4) is 0 Å². The molecule has 2 aromatic carbocycles. The molecule has 1 aliphatic heterocycles. The van der Waals surface area contributed by atoms with Gasteiger partial charge in [0.1, 0.15) is 18.5 Å². The molecule has 23 heavy (non-hydrogen) atoms. The summed E-state index contributed by atoms with van der Waals surface area (Å²) in [5, 5.41) is 1.56. The van der Waals surface area contributed by atoms with Crippen LogP contribution < -0.4 is 10.0 Å². The van der Waals surface area contributed by atoms with Crippen molar-refractivity contribution in [1.29, 1.82) is 0 Å². The van der Waals surface area contributed by atoms with Crippen molar-refractivity contribution in [1.82, 2.24) is 0 Å². The molecule has 0 fully saturated rings. The third-order valence-corrected chi connectivity index (χ3v) is 8.26. The van der Waals surface area contributed by atoms with Gasteiger partial charge in [-0.3, -0.25) is 0 Å². The quantitative estimate of drug-likeness (QED) is 0.728. The summed E-state index contributed by atoms with van der Waals surface area (Å²) < 4.78 is 19.8. The SMILES string of the molecule is CC1=C(Cl)C(C)(Oc2ccccc2)CP(=O)(c2ccccc2)C1. The Balaban J connectivity index is 2.00. The first kappa shape index (κ1) is 16.4. The Morgan fingerprint density at radius 3 is 2.22 bits per heavy atom. The highest BCUT2D eigenvalue weighted by Crippen LogP contribution is 2.55. The fraction of sp³-hybridized carbons (Fsp3) is 0.263. The molecule has 120 valence electrons. The fourth-order valence-electron chi connectivity index (χ4n) is 3.22. The van der Waals surface area contributed by atoms with E-state index in [1.807, 2.05) is 74.5 Å². The van der Waals surface area contributed by atoms with Gasteiger partial charge in [0.05, 0.1) is 11.2 Å².